The molecule has 0 aliphatic carbocycles. The largest absolute Gasteiger partial charge is 0.483 e. The first-order chi connectivity index (χ1) is 7.77. The van der Waals surface area contributed by atoms with Gasteiger partial charge in [0.25, 0.3) is 0 Å². The summed E-state index contributed by atoms with van der Waals surface area (Å²) in [4.78, 5) is 8.15. The van der Waals surface area contributed by atoms with Gasteiger partial charge in [-0.25, -0.2) is 9.97 Å². The third kappa shape index (κ3) is 2.28. The molecule has 4 nitrogen and oxygen atoms in total. The van der Waals surface area contributed by atoms with Gasteiger partial charge in [0.15, 0.2) is 5.82 Å². The Kier molecular flexibility index (Phi) is 3.00. The monoisotopic (exact) mass is 215 g/mol. The summed E-state index contributed by atoms with van der Waals surface area (Å²) >= 11 is 0. The first-order valence-corrected chi connectivity index (χ1v) is 5.01. The van der Waals surface area contributed by atoms with E-state index in [1.807, 2.05) is 25.1 Å². The molecule has 2 rings (SSSR count). The van der Waals surface area contributed by atoms with Gasteiger partial charge in [-0.2, -0.15) is 0 Å². The lowest BCUT2D eigenvalue weighted by Crippen LogP contribution is -2.03. The molecule has 1 aromatic carbocycles. The third-order valence-corrected chi connectivity index (χ3v) is 2.21. The summed E-state index contributed by atoms with van der Waals surface area (Å²) in [5, 5.41) is 0. The molecular formula is C12H13N3O. The number of para-hydroxylation sites is 1. The van der Waals surface area contributed by atoms with Crippen molar-refractivity contribution in [2.75, 3.05) is 5.73 Å². The van der Waals surface area contributed by atoms with E-state index in [-0.39, 0.29) is 0 Å². The second kappa shape index (κ2) is 4.61. The van der Waals surface area contributed by atoms with Crippen molar-refractivity contribution in [1.82, 2.24) is 9.97 Å². The molecule has 0 aliphatic heterocycles. The Morgan fingerprint density at radius 1 is 1.19 bits per heavy atom. The molecule has 4 heteroatoms. The van der Waals surface area contributed by atoms with E-state index in [1.165, 1.54) is 0 Å². The standard InChI is InChI=1S/C12H13N3O/c1-9-4-2-5-10(13)12(9)16-8-11-14-6-3-7-15-11/h2-7H,8,13H2,1H3. The Labute approximate surface area is 94.1 Å². The summed E-state index contributed by atoms with van der Waals surface area (Å²) in [5.41, 5.74) is 7.46. The van der Waals surface area contributed by atoms with Gasteiger partial charge in [-0.1, -0.05) is 12.1 Å². The molecule has 16 heavy (non-hydrogen) atoms. The van der Waals surface area contributed by atoms with Crippen molar-refractivity contribution < 1.29 is 4.74 Å². The molecule has 0 fully saturated rings. The van der Waals surface area contributed by atoms with E-state index in [0.29, 0.717) is 23.9 Å². The molecule has 0 spiro atoms. The molecule has 1 heterocycles. The van der Waals surface area contributed by atoms with Gasteiger partial charge in [-0.3, -0.25) is 0 Å². The number of nitrogens with zero attached hydrogens (tertiary/aromatic N) is 2. The second-order valence-electron chi connectivity index (χ2n) is 3.45. The van der Waals surface area contributed by atoms with Crippen LogP contribution in [0, 0.1) is 6.92 Å². The Balaban J connectivity index is 2.11. The van der Waals surface area contributed by atoms with Crippen LogP contribution in [0.3, 0.4) is 0 Å². The molecule has 0 atom stereocenters. The van der Waals surface area contributed by atoms with Crippen molar-refractivity contribution in [2.24, 2.45) is 0 Å². The van der Waals surface area contributed by atoms with E-state index in [1.54, 1.807) is 18.5 Å². The highest BCUT2D eigenvalue weighted by molar-refractivity contribution is 5.56. The van der Waals surface area contributed by atoms with Crippen molar-refractivity contribution >= 4 is 5.69 Å². The Morgan fingerprint density at radius 2 is 1.94 bits per heavy atom. The average Bonchev–Trinajstić information content (AvgIpc) is 2.30. The topological polar surface area (TPSA) is 61.0 Å². The molecular weight excluding hydrogens is 202 g/mol. The zero-order valence-electron chi connectivity index (χ0n) is 9.05. The fourth-order valence-corrected chi connectivity index (χ4v) is 1.41. The first-order valence-electron chi connectivity index (χ1n) is 5.01. The van der Waals surface area contributed by atoms with Gasteiger partial charge < -0.3 is 10.5 Å². The maximum atomic E-state index is 5.82. The molecule has 0 unspecified atom stereocenters. The zero-order valence-corrected chi connectivity index (χ0v) is 9.05. The van der Waals surface area contributed by atoms with Crippen molar-refractivity contribution in [3.63, 3.8) is 0 Å². The van der Waals surface area contributed by atoms with Crippen LogP contribution in [0.2, 0.25) is 0 Å². The number of ether oxygens (including phenoxy) is 1. The zero-order chi connectivity index (χ0) is 11.4. The van der Waals surface area contributed by atoms with Gasteiger partial charge in [0.1, 0.15) is 12.4 Å². The van der Waals surface area contributed by atoms with Crippen LogP contribution in [0.1, 0.15) is 11.4 Å². The molecule has 0 bridgehead atoms. The van der Waals surface area contributed by atoms with Gasteiger partial charge in [-0.05, 0) is 24.6 Å². The number of nitrogens with two attached hydrogens (primary N) is 1. The van der Waals surface area contributed by atoms with Gasteiger partial charge in [-0.15, -0.1) is 0 Å². The highest BCUT2D eigenvalue weighted by Crippen LogP contribution is 2.25. The lowest BCUT2D eigenvalue weighted by Gasteiger charge is -2.10. The van der Waals surface area contributed by atoms with Crippen molar-refractivity contribution in [3.05, 3.63) is 48.0 Å². The quantitative estimate of drug-likeness (QED) is 0.795. The van der Waals surface area contributed by atoms with E-state index >= 15 is 0 Å². The molecule has 0 saturated heterocycles. The summed E-state index contributed by atoms with van der Waals surface area (Å²) < 4.78 is 5.60. The number of benzene rings is 1. The molecule has 2 aromatic rings. The highest BCUT2D eigenvalue weighted by atomic mass is 16.5. The van der Waals surface area contributed by atoms with E-state index in [9.17, 15) is 0 Å². The van der Waals surface area contributed by atoms with Crippen LogP contribution in [0.4, 0.5) is 5.69 Å². The molecule has 2 N–H and O–H groups in total. The SMILES string of the molecule is Cc1cccc(N)c1OCc1ncccn1. The van der Waals surface area contributed by atoms with Gasteiger partial charge in [0, 0.05) is 12.4 Å². The van der Waals surface area contributed by atoms with Crippen LogP contribution in [0.15, 0.2) is 36.7 Å². The number of hydrogen-bond donors (Lipinski definition) is 1. The molecule has 82 valence electrons. The summed E-state index contributed by atoms with van der Waals surface area (Å²) in [6.07, 6.45) is 3.37. The number of nitrogen functional groups attached to an aromatic ring is 1. The van der Waals surface area contributed by atoms with Crippen LogP contribution in [0.25, 0.3) is 0 Å². The summed E-state index contributed by atoms with van der Waals surface area (Å²) in [6.45, 7) is 2.29. The van der Waals surface area contributed by atoms with E-state index in [4.69, 9.17) is 10.5 Å². The predicted molar refractivity (Wildman–Crippen MR) is 62.0 cm³/mol. The van der Waals surface area contributed by atoms with Crippen LogP contribution in [-0.2, 0) is 6.61 Å². The Morgan fingerprint density at radius 3 is 2.62 bits per heavy atom. The molecule has 0 radical (unpaired) electrons. The second-order valence-corrected chi connectivity index (χ2v) is 3.45. The smallest absolute Gasteiger partial charge is 0.166 e. The highest BCUT2D eigenvalue weighted by Gasteiger charge is 2.04. The van der Waals surface area contributed by atoms with E-state index in [0.717, 1.165) is 5.56 Å². The van der Waals surface area contributed by atoms with Crippen LogP contribution >= 0.6 is 0 Å². The first kappa shape index (κ1) is 10.4. The normalized spacial score (nSPS) is 10.1. The number of anilines is 1. The number of aromatic nitrogens is 2. The summed E-state index contributed by atoms with van der Waals surface area (Å²) in [7, 11) is 0. The van der Waals surface area contributed by atoms with Gasteiger partial charge in [0.2, 0.25) is 0 Å². The van der Waals surface area contributed by atoms with Crippen LogP contribution in [0.5, 0.6) is 5.75 Å². The van der Waals surface area contributed by atoms with Crippen molar-refractivity contribution in [1.29, 1.82) is 0 Å². The minimum Gasteiger partial charge on any atom is -0.483 e. The minimum atomic E-state index is 0.329. The third-order valence-electron chi connectivity index (χ3n) is 2.21. The maximum absolute atomic E-state index is 5.82. The molecule has 0 amide bonds. The number of aryl methyl sites for hydroxylation is 1. The molecule has 0 aliphatic rings. The lowest BCUT2D eigenvalue weighted by molar-refractivity contribution is 0.295. The molecule has 0 saturated carbocycles. The van der Waals surface area contributed by atoms with Gasteiger partial charge >= 0.3 is 0 Å². The van der Waals surface area contributed by atoms with Crippen LogP contribution < -0.4 is 10.5 Å². The van der Waals surface area contributed by atoms with E-state index in [2.05, 4.69) is 9.97 Å². The fraction of sp³-hybridized carbons (Fsp3) is 0.167. The Hall–Kier alpha value is -2.10. The Bertz CT molecular complexity index is 451. The minimum absolute atomic E-state index is 0.329. The van der Waals surface area contributed by atoms with E-state index < -0.39 is 0 Å². The van der Waals surface area contributed by atoms with Crippen molar-refractivity contribution in [2.45, 2.75) is 13.5 Å². The predicted octanol–water partition coefficient (Wildman–Crippen LogP) is 1.95. The van der Waals surface area contributed by atoms with Crippen LogP contribution in [-0.4, -0.2) is 9.97 Å². The average molecular weight is 215 g/mol. The number of hydrogen-bond acceptors (Lipinski definition) is 4. The lowest BCUT2D eigenvalue weighted by atomic mass is 10.2. The summed E-state index contributed by atoms with van der Waals surface area (Å²) in [5.74, 6) is 1.35. The maximum Gasteiger partial charge on any atom is 0.166 e. The van der Waals surface area contributed by atoms with Crippen molar-refractivity contribution in [3.8, 4) is 5.75 Å². The van der Waals surface area contributed by atoms with Gasteiger partial charge in [0.05, 0.1) is 5.69 Å². The summed E-state index contributed by atoms with van der Waals surface area (Å²) in [6, 6.07) is 7.44. The number of rotatable bonds is 3. The fourth-order valence-electron chi connectivity index (χ4n) is 1.41. The molecule has 1 aromatic heterocycles.